The Balaban J connectivity index is 1.17. The molecule has 188 valence electrons. The summed E-state index contributed by atoms with van der Waals surface area (Å²) in [4.78, 5) is 34.9. The standard InChI is InChI=1S/C25H22F4N4O2S/c26-21-11-17(16-2-1-3-18(10-16)25(27,28)29)4-5-20(21)23(34)33-12-19(13-33)31-6-8-32(9-7-31)24(35)22-14-36-15-30-22/h1-5,10-11,14-15,19H,6-9,12-13H2. The monoisotopic (exact) mass is 518 g/mol. The third-order valence-corrected chi connectivity index (χ3v) is 7.23. The van der Waals surface area contributed by atoms with Crippen molar-refractivity contribution in [3.05, 3.63) is 76.0 Å². The topological polar surface area (TPSA) is 56.8 Å². The van der Waals surface area contributed by atoms with E-state index in [1.165, 1.54) is 35.6 Å². The van der Waals surface area contributed by atoms with Crippen LogP contribution in [-0.2, 0) is 6.18 Å². The Morgan fingerprint density at radius 2 is 1.64 bits per heavy atom. The lowest BCUT2D eigenvalue weighted by Crippen LogP contribution is -2.64. The van der Waals surface area contributed by atoms with Crippen LogP contribution in [0.25, 0.3) is 11.1 Å². The predicted molar refractivity (Wildman–Crippen MR) is 126 cm³/mol. The number of benzene rings is 2. The molecule has 0 aliphatic carbocycles. The quantitative estimate of drug-likeness (QED) is 0.485. The van der Waals surface area contributed by atoms with Crippen LogP contribution < -0.4 is 0 Å². The molecule has 0 spiro atoms. The fraction of sp³-hybridized carbons (Fsp3) is 0.320. The van der Waals surface area contributed by atoms with E-state index in [2.05, 4.69) is 9.88 Å². The number of hydrogen-bond donors (Lipinski definition) is 0. The highest BCUT2D eigenvalue weighted by molar-refractivity contribution is 7.07. The lowest BCUT2D eigenvalue weighted by Gasteiger charge is -2.48. The first-order valence-electron chi connectivity index (χ1n) is 11.4. The van der Waals surface area contributed by atoms with Gasteiger partial charge in [0.25, 0.3) is 11.8 Å². The van der Waals surface area contributed by atoms with Crippen molar-refractivity contribution in [1.29, 1.82) is 0 Å². The molecule has 0 unspecified atom stereocenters. The first-order valence-corrected chi connectivity index (χ1v) is 12.3. The number of rotatable bonds is 4. The number of amides is 2. The summed E-state index contributed by atoms with van der Waals surface area (Å²) in [5, 5.41) is 1.73. The van der Waals surface area contributed by atoms with E-state index in [1.54, 1.807) is 20.7 Å². The molecule has 2 aliphatic rings. The van der Waals surface area contributed by atoms with Crippen LogP contribution in [0, 0.1) is 5.82 Å². The van der Waals surface area contributed by atoms with Gasteiger partial charge in [0.15, 0.2) is 0 Å². The maximum Gasteiger partial charge on any atom is 0.416 e. The molecule has 11 heteroatoms. The number of hydrogen-bond acceptors (Lipinski definition) is 5. The van der Waals surface area contributed by atoms with Crippen LogP contribution in [0.2, 0.25) is 0 Å². The molecule has 3 aromatic rings. The molecule has 2 aromatic carbocycles. The van der Waals surface area contributed by atoms with Crippen LogP contribution >= 0.6 is 11.3 Å². The van der Waals surface area contributed by atoms with Crippen molar-refractivity contribution in [2.75, 3.05) is 39.3 Å². The van der Waals surface area contributed by atoms with E-state index in [0.717, 1.165) is 18.2 Å². The highest BCUT2D eigenvalue weighted by Crippen LogP contribution is 2.33. The van der Waals surface area contributed by atoms with E-state index in [4.69, 9.17) is 0 Å². The molecule has 3 heterocycles. The molecule has 1 aromatic heterocycles. The van der Waals surface area contributed by atoms with Crippen LogP contribution in [-0.4, -0.2) is 76.8 Å². The maximum atomic E-state index is 14.8. The molecular weight excluding hydrogens is 496 g/mol. The lowest BCUT2D eigenvalue weighted by atomic mass is 9.99. The smallest absolute Gasteiger partial charge is 0.335 e. The zero-order valence-electron chi connectivity index (χ0n) is 19.0. The van der Waals surface area contributed by atoms with Crippen molar-refractivity contribution in [2.24, 2.45) is 0 Å². The Labute approximate surface area is 208 Å². The van der Waals surface area contributed by atoms with Gasteiger partial charge in [-0.25, -0.2) is 9.37 Å². The summed E-state index contributed by atoms with van der Waals surface area (Å²) in [6.07, 6.45) is -4.50. The molecule has 0 bridgehead atoms. The average molecular weight is 519 g/mol. The Morgan fingerprint density at radius 1 is 0.917 bits per heavy atom. The molecule has 0 atom stereocenters. The van der Waals surface area contributed by atoms with E-state index in [-0.39, 0.29) is 28.6 Å². The van der Waals surface area contributed by atoms with E-state index in [9.17, 15) is 27.2 Å². The fourth-order valence-electron chi connectivity index (χ4n) is 4.54. The zero-order valence-corrected chi connectivity index (χ0v) is 19.9. The van der Waals surface area contributed by atoms with Gasteiger partial charge in [-0.05, 0) is 35.4 Å². The van der Waals surface area contributed by atoms with Crippen LogP contribution in [0.3, 0.4) is 0 Å². The highest BCUT2D eigenvalue weighted by Gasteiger charge is 2.38. The summed E-state index contributed by atoms with van der Waals surface area (Å²) in [5.41, 5.74) is 1.64. The Morgan fingerprint density at radius 3 is 2.28 bits per heavy atom. The summed E-state index contributed by atoms with van der Waals surface area (Å²) in [7, 11) is 0. The fourth-order valence-corrected chi connectivity index (χ4v) is 5.06. The zero-order chi connectivity index (χ0) is 25.4. The second-order valence-electron chi connectivity index (χ2n) is 8.84. The maximum absolute atomic E-state index is 14.8. The van der Waals surface area contributed by atoms with Gasteiger partial charge in [-0.15, -0.1) is 11.3 Å². The largest absolute Gasteiger partial charge is 0.416 e. The second-order valence-corrected chi connectivity index (χ2v) is 9.56. The van der Waals surface area contributed by atoms with Gasteiger partial charge in [0, 0.05) is 50.7 Å². The molecule has 0 N–H and O–H groups in total. The lowest BCUT2D eigenvalue weighted by molar-refractivity contribution is -0.137. The molecule has 2 fully saturated rings. The normalized spacial score (nSPS) is 17.2. The Hall–Kier alpha value is -3.31. The summed E-state index contributed by atoms with van der Waals surface area (Å²) >= 11 is 1.38. The molecule has 0 radical (unpaired) electrons. The number of likely N-dealkylation sites (tertiary alicyclic amines) is 1. The minimum Gasteiger partial charge on any atom is -0.335 e. The van der Waals surface area contributed by atoms with Crippen LogP contribution in [0.1, 0.15) is 26.4 Å². The van der Waals surface area contributed by atoms with Gasteiger partial charge < -0.3 is 9.80 Å². The van der Waals surface area contributed by atoms with Crippen LogP contribution in [0.4, 0.5) is 17.6 Å². The van der Waals surface area contributed by atoms with Crippen molar-refractivity contribution in [1.82, 2.24) is 19.7 Å². The number of aromatic nitrogens is 1. The first-order chi connectivity index (χ1) is 17.2. The highest BCUT2D eigenvalue weighted by atomic mass is 32.1. The van der Waals surface area contributed by atoms with Gasteiger partial charge in [0.1, 0.15) is 11.5 Å². The van der Waals surface area contributed by atoms with Gasteiger partial charge in [-0.2, -0.15) is 13.2 Å². The van der Waals surface area contributed by atoms with E-state index < -0.39 is 23.5 Å². The number of carbonyl (C=O) groups is 2. The Bertz CT molecular complexity index is 1270. The number of halogens is 4. The van der Waals surface area contributed by atoms with Crippen molar-refractivity contribution >= 4 is 23.2 Å². The third-order valence-electron chi connectivity index (χ3n) is 6.64. The number of alkyl halides is 3. The van der Waals surface area contributed by atoms with Gasteiger partial charge in [0.05, 0.1) is 16.6 Å². The van der Waals surface area contributed by atoms with Crippen molar-refractivity contribution in [3.63, 3.8) is 0 Å². The van der Waals surface area contributed by atoms with E-state index in [1.807, 2.05) is 0 Å². The number of thiazole rings is 1. The molecule has 36 heavy (non-hydrogen) atoms. The SMILES string of the molecule is O=C(c1cscn1)N1CCN(C2CN(C(=O)c3ccc(-c4cccc(C(F)(F)F)c4)cc3F)C2)CC1. The Kier molecular flexibility index (Phi) is 6.52. The van der Waals surface area contributed by atoms with Crippen molar-refractivity contribution < 1.29 is 27.2 Å². The average Bonchev–Trinajstić information content (AvgIpc) is 3.37. The van der Waals surface area contributed by atoms with Gasteiger partial charge in [0.2, 0.25) is 0 Å². The van der Waals surface area contributed by atoms with Crippen molar-refractivity contribution in [2.45, 2.75) is 12.2 Å². The molecule has 2 amide bonds. The third kappa shape index (κ3) is 4.85. The van der Waals surface area contributed by atoms with Gasteiger partial charge in [-0.3, -0.25) is 14.5 Å². The molecule has 0 saturated carbocycles. The molecule has 6 nitrogen and oxygen atoms in total. The number of piperazine rings is 1. The van der Waals surface area contributed by atoms with Crippen LogP contribution in [0.5, 0.6) is 0 Å². The molecule has 2 saturated heterocycles. The van der Waals surface area contributed by atoms with E-state index >= 15 is 0 Å². The van der Waals surface area contributed by atoms with E-state index in [0.29, 0.717) is 45.0 Å². The first kappa shape index (κ1) is 24.4. The predicted octanol–water partition coefficient (Wildman–Crippen LogP) is 4.25. The molecule has 5 rings (SSSR count). The number of carbonyl (C=O) groups excluding carboxylic acids is 2. The summed E-state index contributed by atoms with van der Waals surface area (Å²) in [6.45, 7) is 3.42. The second kappa shape index (κ2) is 9.62. The summed E-state index contributed by atoms with van der Waals surface area (Å²) < 4.78 is 53.8. The van der Waals surface area contributed by atoms with Gasteiger partial charge >= 0.3 is 6.18 Å². The van der Waals surface area contributed by atoms with Crippen molar-refractivity contribution in [3.8, 4) is 11.1 Å². The summed E-state index contributed by atoms with van der Waals surface area (Å²) in [6, 6.07) is 8.67. The molecular formula is C25H22F4N4O2S. The van der Waals surface area contributed by atoms with Gasteiger partial charge in [-0.1, -0.05) is 18.2 Å². The van der Waals surface area contributed by atoms with Crippen LogP contribution in [0.15, 0.2) is 53.4 Å². The molecule has 2 aliphatic heterocycles. The number of nitrogens with zero attached hydrogens (tertiary/aromatic N) is 4. The summed E-state index contributed by atoms with van der Waals surface area (Å²) in [5.74, 6) is -1.30. The minimum atomic E-state index is -4.50. The minimum absolute atomic E-state index is 0.0784.